The lowest BCUT2D eigenvalue weighted by molar-refractivity contribution is 0.101. The van der Waals surface area contributed by atoms with E-state index in [9.17, 15) is 9.18 Å². The molecule has 0 amide bonds. The van der Waals surface area contributed by atoms with Gasteiger partial charge >= 0.3 is 0 Å². The Balaban J connectivity index is 1.79. The average molecular weight is 311 g/mol. The van der Waals surface area contributed by atoms with Crippen molar-refractivity contribution in [3.05, 3.63) is 59.7 Å². The number of aromatic nitrogens is 2. The maximum absolute atomic E-state index is 13.8. The highest BCUT2D eigenvalue weighted by molar-refractivity contribution is 5.99. The van der Waals surface area contributed by atoms with Crippen molar-refractivity contribution in [2.45, 2.75) is 20.4 Å². The summed E-state index contributed by atoms with van der Waals surface area (Å²) in [6.45, 7) is 4.59. The number of aryl methyl sites for hydroxylation is 1. The summed E-state index contributed by atoms with van der Waals surface area (Å²) >= 11 is 0. The summed E-state index contributed by atoms with van der Waals surface area (Å²) in [7, 11) is 0. The van der Waals surface area contributed by atoms with Gasteiger partial charge in [0.25, 0.3) is 0 Å². The van der Waals surface area contributed by atoms with E-state index in [-0.39, 0.29) is 11.3 Å². The van der Waals surface area contributed by atoms with E-state index in [0.717, 1.165) is 16.9 Å². The van der Waals surface area contributed by atoms with Gasteiger partial charge in [0.1, 0.15) is 11.6 Å². The maximum Gasteiger partial charge on any atom is 0.164 e. The summed E-state index contributed by atoms with van der Waals surface area (Å²) in [5, 5.41) is 3.16. The Morgan fingerprint density at radius 1 is 1.22 bits per heavy atom. The Labute approximate surface area is 134 Å². The zero-order chi connectivity index (χ0) is 16.4. The van der Waals surface area contributed by atoms with Crippen molar-refractivity contribution >= 4 is 22.5 Å². The van der Waals surface area contributed by atoms with Crippen LogP contribution in [-0.2, 0) is 6.54 Å². The van der Waals surface area contributed by atoms with E-state index in [1.807, 2.05) is 31.2 Å². The smallest absolute Gasteiger partial charge is 0.164 e. The Kier molecular flexibility index (Phi) is 4.10. The first-order valence-corrected chi connectivity index (χ1v) is 7.53. The van der Waals surface area contributed by atoms with Crippen LogP contribution in [0.2, 0.25) is 0 Å². The van der Waals surface area contributed by atoms with Gasteiger partial charge in [-0.1, -0.05) is 18.2 Å². The number of imidazole rings is 1. The van der Waals surface area contributed by atoms with Gasteiger partial charge in [-0.15, -0.1) is 0 Å². The third-order valence-corrected chi connectivity index (χ3v) is 3.86. The maximum atomic E-state index is 13.8. The van der Waals surface area contributed by atoms with E-state index < -0.39 is 5.82 Å². The highest BCUT2D eigenvalue weighted by atomic mass is 19.1. The van der Waals surface area contributed by atoms with Crippen molar-refractivity contribution < 1.29 is 9.18 Å². The Morgan fingerprint density at radius 3 is 2.78 bits per heavy atom. The first-order valence-electron chi connectivity index (χ1n) is 7.53. The van der Waals surface area contributed by atoms with E-state index in [4.69, 9.17) is 0 Å². The molecule has 2 aromatic carbocycles. The summed E-state index contributed by atoms with van der Waals surface area (Å²) in [6, 6.07) is 12.6. The molecular formula is C18H18FN3O. The van der Waals surface area contributed by atoms with Gasteiger partial charge in [0.2, 0.25) is 0 Å². The van der Waals surface area contributed by atoms with Crippen LogP contribution < -0.4 is 5.32 Å². The second-order valence-electron chi connectivity index (χ2n) is 5.44. The van der Waals surface area contributed by atoms with Gasteiger partial charge < -0.3 is 9.88 Å². The van der Waals surface area contributed by atoms with Gasteiger partial charge in [-0.3, -0.25) is 4.79 Å². The van der Waals surface area contributed by atoms with Crippen LogP contribution in [0.25, 0.3) is 11.0 Å². The first-order chi connectivity index (χ1) is 11.1. The number of rotatable bonds is 5. The summed E-state index contributed by atoms with van der Waals surface area (Å²) in [6.07, 6.45) is 0. The Bertz CT molecular complexity index is 870. The van der Waals surface area contributed by atoms with E-state index >= 15 is 0 Å². The molecule has 0 spiro atoms. The minimum absolute atomic E-state index is 0.111. The van der Waals surface area contributed by atoms with Crippen molar-refractivity contribution in [2.24, 2.45) is 0 Å². The molecule has 3 aromatic rings. The number of hydrogen-bond donors (Lipinski definition) is 1. The van der Waals surface area contributed by atoms with E-state index in [1.54, 1.807) is 12.1 Å². The summed E-state index contributed by atoms with van der Waals surface area (Å²) < 4.78 is 15.9. The minimum Gasteiger partial charge on any atom is -0.383 e. The number of nitrogens with zero attached hydrogens (tertiary/aromatic N) is 2. The number of anilines is 1. The fourth-order valence-electron chi connectivity index (χ4n) is 2.81. The van der Waals surface area contributed by atoms with E-state index in [0.29, 0.717) is 18.8 Å². The van der Waals surface area contributed by atoms with E-state index in [1.165, 1.54) is 13.0 Å². The van der Waals surface area contributed by atoms with Gasteiger partial charge in [-0.2, -0.15) is 0 Å². The normalized spacial score (nSPS) is 10.9. The van der Waals surface area contributed by atoms with Crippen molar-refractivity contribution in [1.82, 2.24) is 9.55 Å². The van der Waals surface area contributed by atoms with Crippen molar-refractivity contribution in [1.29, 1.82) is 0 Å². The van der Waals surface area contributed by atoms with Crippen LogP contribution in [0.1, 0.15) is 23.1 Å². The second kappa shape index (κ2) is 6.20. The van der Waals surface area contributed by atoms with Crippen molar-refractivity contribution in [3.8, 4) is 0 Å². The Hall–Kier alpha value is -2.69. The zero-order valence-corrected chi connectivity index (χ0v) is 13.1. The van der Waals surface area contributed by atoms with Gasteiger partial charge in [-0.25, -0.2) is 9.37 Å². The SMILES string of the molecule is CC(=O)c1c(F)cccc1NCCn1c(C)nc2ccccc21. The van der Waals surface area contributed by atoms with Crippen LogP contribution in [-0.4, -0.2) is 21.9 Å². The van der Waals surface area contributed by atoms with Gasteiger partial charge in [0, 0.05) is 18.8 Å². The molecule has 1 N–H and O–H groups in total. The molecular weight excluding hydrogens is 293 g/mol. The predicted molar refractivity (Wildman–Crippen MR) is 89.4 cm³/mol. The van der Waals surface area contributed by atoms with Gasteiger partial charge in [0.05, 0.1) is 16.6 Å². The third kappa shape index (κ3) is 2.95. The summed E-state index contributed by atoms with van der Waals surface area (Å²) in [5.74, 6) is 0.153. The van der Waals surface area contributed by atoms with Crippen LogP contribution in [0.4, 0.5) is 10.1 Å². The molecule has 0 bridgehead atoms. The number of halogens is 1. The molecule has 118 valence electrons. The molecule has 0 saturated carbocycles. The number of hydrogen-bond acceptors (Lipinski definition) is 3. The van der Waals surface area contributed by atoms with Crippen molar-refractivity contribution in [3.63, 3.8) is 0 Å². The lowest BCUT2D eigenvalue weighted by Crippen LogP contribution is -2.14. The lowest BCUT2D eigenvalue weighted by atomic mass is 10.1. The summed E-state index contributed by atoms with van der Waals surface area (Å²) in [4.78, 5) is 16.1. The van der Waals surface area contributed by atoms with Crippen LogP contribution in [0.15, 0.2) is 42.5 Å². The standard InChI is InChI=1S/C18H18FN3O/c1-12(23)18-14(19)6-5-8-16(18)20-10-11-22-13(2)21-15-7-3-4-9-17(15)22/h3-9,20H,10-11H2,1-2H3. The Morgan fingerprint density at radius 2 is 2.00 bits per heavy atom. The molecule has 0 atom stereocenters. The van der Waals surface area contributed by atoms with Gasteiger partial charge in [0.15, 0.2) is 5.78 Å². The quantitative estimate of drug-likeness (QED) is 0.729. The lowest BCUT2D eigenvalue weighted by Gasteiger charge is -2.12. The molecule has 3 rings (SSSR count). The molecule has 4 nitrogen and oxygen atoms in total. The second-order valence-corrected chi connectivity index (χ2v) is 5.44. The molecule has 0 aliphatic rings. The number of benzene rings is 2. The molecule has 23 heavy (non-hydrogen) atoms. The zero-order valence-electron chi connectivity index (χ0n) is 13.1. The van der Waals surface area contributed by atoms with Crippen LogP contribution >= 0.6 is 0 Å². The number of fused-ring (bicyclic) bond motifs is 1. The number of para-hydroxylation sites is 2. The topological polar surface area (TPSA) is 46.9 Å². The number of nitrogens with one attached hydrogen (secondary N) is 1. The molecule has 0 saturated heterocycles. The molecule has 0 radical (unpaired) electrons. The predicted octanol–water partition coefficient (Wildman–Crippen LogP) is 3.80. The van der Waals surface area contributed by atoms with E-state index in [2.05, 4.69) is 14.9 Å². The molecule has 0 aliphatic carbocycles. The molecule has 1 aromatic heterocycles. The molecule has 5 heteroatoms. The fourth-order valence-corrected chi connectivity index (χ4v) is 2.81. The molecule has 0 unspecified atom stereocenters. The molecule has 0 fully saturated rings. The number of ketones is 1. The minimum atomic E-state index is -0.494. The first kappa shape index (κ1) is 15.2. The monoisotopic (exact) mass is 311 g/mol. The number of Topliss-reactive ketones (excluding diaryl/α,β-unsaturated/α-hetero) is 1. The summed E-state index contributed by atoms with van der Waals surface area (Å²) in [5.41, 5.74) is 2.66. The van der Waals surface area contributed by atoms with Crippen LogP contribution in [0.5, 0.6) is 0 Å². The van der Waals surface area contributed by atoms with Crippen LogP contribution in [0, 0.1) is 12.7 Å². The average Bonchev–Trinajstić information content (AvgIpc) is 2.83. The van der Waals surface area contributed by atoms with Crippen molar-refractivity contribution in [2.75, 3.05) is 11.9 Å². The largest absolute Gasteiger partial charge is 0.383 e. The van der Waals surface area contributed by atoms with Gasteiger partial charge in [-0.05, 0) is 38.1 Å². The number of carbonyl (C=O) groups excluding carboxylic acids is 1. The molecule has 0 aliphatic heterocycles. The fraction of sp³-hybridized carbons (Fsp3) is 0.222. The molecule has 1 heterocycles. The number of carbonyl (C=O) groups is 1. The van der Waals surface area contributed by atoms with Crippen LogP contribution in [0.3, 0.4) is 0 Å². The highest BCUT2D eigenvalue weighted by Gasteiger charge is 2.13. The highest BCUT2D eigenvalue weighted by Crippen LogP contribution is 2.20. The third-order valence-electron chi connectivity index (χ3n) is 3.86.